The molecule has 1 fully saturated rings. The predicted octanol–water partition coefficient (Wildman–Crippen LogP) is 0.473. The Morgan fingerprint density at radius 2 is 1.83 bits per heavy atom. The van der Waals surface area contributed by atoms with Crippen LogP contribution in [0.3, 0.4) is 0 Å². The number of nitrogens with one attached hydrogen (secondary N) is 1. The van der Waals surface area contributed by atoms with Crippen molar-refractivity contribution in [3.8, 4) is 0 Å². The van der Waals surface area contributed by atoms with Gasteiger partial charge in [0.15, 0.2) is 0 Å². The van der Waals surface area contributed by atoms with E-state index in [1.54, 1.807) is 0 Å². The highest BCUT2D eigenvalue weighted by atomic mass is 16.2. The number of anilines is 1. The molecule has 0 aromatic carbocycles. The lowest BCUT2D eigenvalue weighted by Crippen LogP contribution is -2.49. The summed E-state index contributed by atoms with van der Waals surface area (Å²) in [5.74, 6) is 1.64. The second-order valence-electron chi connectivity index (χ2n) is 7.15. The number of nitrogens with zero attached hydrogens (tertiary/aromatic N) is 5. The highest BCUT2D eigenvalue weighted by molar-refractivity contribution is 5.78. The van der Waals surface area contributed by atoms with Crippen LogP contribution in [0, 0.1) is 0 Å². The molecule has 1 aliphatic rings. The lowest BCUT2D eigenvalue weighted by molar-refractivity contribution is -0.131. The zero-order valence-electron chi connectivity index (χ0n) is 16.0. The molecule has 0 radical (unpaired) electrons. The molecule has 1 amide bonds. The van der Waals surface area contributed by atoms with Gasteiger partial charge in [0.05, 0.1) is 12.2 Å². The van der Waals surface area contributed by atoms with E-state index < -0.39 is 0 Å². The Balaban J connectivity index is 1.97. The zero-order chi connectivity index (χ0) is 17.9. The molecule has 0 unspecified atom stereocenters. The van der Waals surface area contributed by atoms with Gasteiger partial charge in [0.2, 0.25) is 5.91 Å². The van der Waals surface area contributed by atoms with Crippen LogP contribution in [-0.4, -0.2) is 79.4 Å². The van der Waals surface area contributed by atoms with Gasteiger partial charge in [0.25, 0.3) is 0 Å². The van der Waals surface area contributed by atoms with Crippen molar-refractivity contribution in [2.75, 3.05) is 58.8 Å². The average Bonchev–Trinajstić information content (AvgIpc) is 2.85. The fraction of sp³-hybridized carbons (Fsp3) is 0.765. The van der Waals surface area contributed by atoms with Crippen molar-refractivity contribution in [3.05, 3.63) is 11.3 Å². The van der Waals surface area contributed by atoms with Gasteiger partial charge in [-0.2, -0.15) is 5.10 Å². The van der Waals surface area contributed by atoms with Crippen LogP contribution in [-0.2, 0) is 18.4 Å². The van der Waals surface area contributed by atoms with Crippen molar-refractivity contribution in [1.82, 2.24) is 24.9 Å². The van der Waals surface area contributed by atoms with Gasteiger partial charge in [-0.25, -0.2) is 0 Å². The second kappa shape index (κ2) is 7.98. The number of piperazine rings is 1. The number of carbonyl (C=O) groups is 1. The fourth-order valence-corrected chi connectivity index (χ4v) is 3.23. The average molecular weight is 336 g/mol. The van der Waals surface area contributed by atoms with E-state index in [0.717, 1.165) is 37.7 Å². The Hall–Kier alpha value is -1.60. The Bertz CT molecular complexity index is 558. The van der Waals surface area contributed by atoms with E-state index in [-0.39, 0.29) is 5.91 Å². The molecule has 7 heteroatoms. The first-order valence-electron chi connectivity index (χ1n) is 8.71. The van der Waals surface area contributed by atoms with Crippen molar-refractivity contribution < 1.29 is 4.79 Å². The lowest BCUT2D eigenvalue weighted by atomic mass is 10.1. The Morgan fingerprint density at radius 3 is 2.38 bits per heavy atom. The number of hydrogen-bond acceptors (Lipinski definition) is 5. The molecule has 24 heavy (non-hydrogen) atoms. The summed E-state index contributed by atoms with van der Waals surface area (Å²) in [4.78, 5) is 18.6. The van der Waals surface area contributed by atoms with E-state index >= 15 is 0 Å². The molecular formula is C17H32N6O. The topological polar surface area (TPSA) is 56.6 Å². The van der Waals surface area contributed by atoms with E-state index in [4.69, 9.17) is 0 Å². The summed E-state index contributed by atoms with van der Waals surface area (Å²) in [5, 5.41) is 7.99. The number of aryl methyl sites for hydroxylation is 1. The number of aromatic nitrogens is 2. The minimum atomic E-state index is 0.185. The van der Waals surface area contributed by atoms with E-state index in [9.17, 15) is 4.79 Å². The van der Waals surface area contributed by atoms with E-state index in [2.05, 4.69) is 41.1 Å². The molecule has 0 spiro atoms. The molecule has 1 aliphatic heterocycles. The highest BCUT2D eigenvalue weighted by Crippen LogP contribution is 2.26. The third-order valence-corrected chi connectivity index (χ3v) is 4.55. The lowest BCUT2D eigenvalue weighted by Gasteiger charge is -2.32. The molecule has 7 nitrogen and oxygen atoms in total. The Kier molecular flexibility index (Phi) is 6.23. The third-order valence-electron chi connectivity index (χ3n) is 4.55. The second-order valence-corrected chi connectivity index (χ2v) is 7.15. The van der Waals surface area contributed by atoms with Crippen LogP contribution >= 0.6 is 0 Å². The third kappa shape index (κ3) is 4.27. The standard InChI is InChI=1S/C17H32N6O/c1-13(2)16-14(17(20(3)4)22(6)19-16)11-18-12-15(24)23-9-7-21(5)8-10-23/h13,18H,7-12H2,1-6H3. The van der Waals surface area contributed by atoms with Crippen molar-refractivity contribution in [3.63, 3.8) is 0 Å². The van der Waals surface area contributed by atoms with E-state index in [1.165, 1.54) is 5.56 Å². The number of rotatable bonds is 6. The fourth-order valence-electron chi connectivity index (χ4n) is 3.23. The van der Waals surface area contributed by atoms with Gasteiger partial charge in [-0.1, -0.05) is 13.8 Å². The van der Waals surface area contributed by atoms with Crippen LogP contribution in [0.25, 0.3) is 0 Å². The van der Waals surface area contributed by atoms with Gasteiger partial charge >= 0.3 is 0 Å². The monoisotopic (exact) mass is 336 g/mol. The van der Waals surface area contributed by atoms with Gasteiger partial charge in [-0.05, 0) is 13.0 Å². The summed E-state index contributed by atoms with van der Waals surface area (Å²) in [6.07, 6.45) is 0. The summed E-state index contributed by atoms with van der Waals surface area (Å²) in [6.45, 7) is 8.90. The molecule has 1 saturated heterocycles. The first-order chi connectivity index (χ1) is 11.3. The SMILES string of the molecule is CC(C)c1nn(C)c(N(C)C)c1CNCC(=O)N1CCN(C)CC1. The van der Waals surface area contributed by atoms with Crippen LogP contribution in [0.4, 0.5) is 5.82 Å². The number of carbonyl (C=O) groups excluding carboxylic acids is 1. The summed E-state index contributed by atoms with van der Waals surface area (Å²) < 4.78 is 1.93. The van der Waals surface area contributed by atoms with Crippen molar-refractivity contribution in [2.24, 2.45) is 7.05 Å². The first-order valence-corrected chi connectivity index (χ1v) is 8.71. The van der Waals surface area contributed by atoms with Crippen LogP contribution in [0.1, 0.15) is 31.0 Å². The van der Waals surface area contributed by atoms with Crippen LogP contribution in [0.5, 0.6) is 0 Å². The molecule has 1 aromatic heterocycles. The van der Waals surface area contributed by atoms with Gasteiger partial charge in [0.1, 0.15) is 5.82 Å². The quantitative estimate of drug-likeness (QED) is 0.819. The van der Waals surface area contributed by atoms with Crippen LogP contribution < -0.4 is 10.2 Å². The largest absolute Gasteiger partial charge is 0.363 e. The molecule has 0 saturated carbocycles. The summed E-state index contributed by atoms with van der Waals surface area (Å²) in [5.41, 5.74) is 2.28. The maximum absolute atomic E-state index is 12.4. The molecule has 2 heterocycles. The number of likely N-dealkylation sites (N-methyl/N-ethyl adjacent to an activating group) is 1. The summed E-state index contributed by atoms with van der Waals surface area (Å²) in [7, 11) is 8.12. The van der Waals surface area contributed by atoms with Crippen molar-refractivity contribution in [2.45, 2.75) is 26.3 Å². The Labute approximate surface area is 145 Å². The highest BCUT2D eigenvalue weighted by Gasteiger charge is 2.21. The maximum Gasteiger partial charge on any atom is 0.236 e. The van der Waals surface area contributed by atoms with Gasteiger partial charge in [0, 0.05) is 59.4 Å². The van der Waals surface area contributed by atoms with Gasteiger partial charge in [-0.3, -0.25) is 9.48 Å². The minimum Gasteiger partial charge on any atom is -0.363 e. The van der Waals surface area contributed by atoms with Crippen LogP contribution in [0.15, 0.2) is 0 Å². The predicted molar refractivity (Wildman–Crippen MR) is 97.4 cm³/mol. The maximum atomic E-state index is 12.4. The Morgan fingerprint density at radius 1 is 1.21 bits per heavy atom. The summed E-state index contributed by atoms with van der Waals surface area (Å²) in [6, 6.07) is 0. The summed E-state index contributed by atoms with van der Waals surface area (Å²) >= 11 is 0. The molecule has 0 atom stereocenters. The minimum absolute atomic E-state index is 0.185. The van der Waals surface area contributed by atoms with Crippen molar-refractivity contribution in [1.29, 1.82) is 0 Å². The zero-order valence-corrected chi connectivity index (χ0v) is 16.0. The first kappa shape index (κ1) is 18.7. The molecular weight excluding hydrogens is 304 g/mol. The number of amides is 1. The van der Waals surface area contributed by atoms with Crippen LogP contribution in [0.2, 0.25) is 0 Å². The van der Waals surface area contributed by atoms with Gasteiger partial charge < -0.3 is 20.0 Å². The van der Waals surface area contributed by atoms with E-state index in [1.807, 2.05) is 30.7 Å². The smallest absolute Gasteiger partial charge is 0.236 e. The molecule has 1 N–H and O–H groups in total. The molecule has 2 rings (SSSR count). The normalized spacial score (nSPS) is 16.0. The molecule has 1 aromatic rings. The van der Waals surface area contributed by atoms with E-state index in [0.29, 0.717) is 19.0 Å². The van der Waals surface area contributed by atoms with Crippen molar-refractivity contribution >= 4 is 11.7 Å². The molecule has 136 valence electrons. The molecule has 0 bridgehead atoms. The molecule has 0 aliphatic carbocycles. The number of hydrogen-bond donors (Lipinski definition) is 1. The van der Waals surface area contributed by atoms with Gasteiger partial charge in [-0.15, -0.1) is 0 Å².